The Hall–Kier alpha value is -2.83. The summed E-state index contributed by atoms with van der Waals surface area (Å²) in [5, 5.41) is 7.54. The van der Waals surface area contributed by atoms with Crippen LogP contribution in [0, 0.1) is 5.41 Å². The summed E-state index contributed by atoms with van der Waals surface area (Å²) in [6.45, 7) is 4.24. The third-order valence-corrected chi connectivity index (χ3v) is 6.94. The van der Waals surface area contributed by atoms with E-state index in [0.29, 0.717) is 22.9 Å². The van der Waals surface area contributed by atoms with E-state index in [-0.39, 0.29) is 17.2 Å². The van der Waals surface area contributed by atoms with Gasteiger partial charge in [0.2, 0.25) is 0 Å². The Morgan fingerprint density at radius 3 is 2.73 bits per heavy atom. The highest BCUT2D eigenvalue weighted by atomic mass is 79.9. The monoisotopic (exact) mass is 523 g/mol. The Morgan fingerprint density at radius 2 is 1.94 bits per heavy atom. The first-order chi connectivity index (χ1) is 15.8. The highest BCUT2D eigenvalue weighted by Crippen LogP contribution is 2.46. The molecule has 5 rings (SSSR count). The first kappa shape index (κ1) is 22.0. The van der Waals surface area contributed by atoms with Crippen molar-refractivity contribution in [3.05, 3.63) is 87.3 Å². The molecule has 3 aromatic rings. The SMILES string of the molecule is CC1(C)CC(=O)C2=C(C1)Nc1cnccc1NC2c1ccc(Oc2ccccc2Br)cc1Cl. The van der Waals surface area contributed by atoms with Gasteiger partial charge in [0.25, 0.3) is 0 Å². The number of hydrogen-bond donors (Lipinski definition) is 2. The third-order valence-electron chi connectivity index (χ3n) is 5.96. The van der Waals surface area contributed by atoms with E-state index in [0.717, 1.165) is 39.1 Å². The standard InChI is InChI=1S/C26H23BrClN3O2/c1-26(2)12-20-24(22(32)13-26)25(31-19-9-10-29-14-21(19)30-20)16-8-7-15(11-18(16)28)33-23-6-4-3-5-17(23)27/h3-11,14,25,30-31H,12-13H2,1-2H3. The Kier molecular flexibility index (Phi) is 5.67. The number of para-hydroxylation sites is 1. The van der Waals surface area contributed by atoms with Crippen molar-refractivity contribution in [2.24, 2.45) is 5.41 Å². The fraction of sp³-hybridized carbons (Fsp3) is 0.231. The largest absolute Gasteiger partial charge is 0.456 e. The van der Waals surface area contributed by atoms with Gasteiger partial charge in [0.1, 0.15) is 11.5 Å². The number of hydrogen-bond acceptors (Lipinski definition) is 5. The predicted molar refractivity (Wildman–Crippen MR) is 135 cm³/mol. The molecular formula is C26H23BrClN3O2. The van der Waals surface area contributed by atoms with E-state index >= 15 is 0 Å². The fourth-order valence-electron chi connectivity index (χ4n) is 4.48. The first-order valence-corrected chi connectivity index (χ1v) is 11.9. The number of carbonyl (C=O) groups is 1. The van der Waals surface area contributed by atoms with Gasteiger partial charge in [-0.3, -0.25) is 9.78 Å². The number of pyridine rings is 1. The van der Waals surface area contributed by atoms with Gasteiger partial charge in [-0.25, -0.2) is 0 Å². The molecule has 1 aliphatic heterocycles. The molecule has 0 radical (unpaired) electrons. The lowest BCUT2D eigenvalue weighted by atomic mass is 9.73. The fourth-order valence-corrected chi connectivity index (χ4v) is 5.13. The van der Waals surface area contributed by atoms with Crippen molar-refractivity contribution in [1.82, 2.24) is 4.98 Å². The summed E-state index contributed by atoms with van der Waals surface area (Å²) in [5.41, 5.74) is 4.08. The molecule has 0 fully saturated rings. The van der Waals surface area contributed by atoms with Gasteiger partial charge in [0.05, 0.1) is 28.1 Å². The van der Waals surface area contributed by atoms with Crippen LogP contribution in [0.2, 0.25) is 5.02 Å². The molecule has 2 aliphatic rings. The molecule has 2 N–H and O–H groups in total. The quantitative estimate of drug-likeness (QED) is 0.371. The van der Waals surface area contributed by atoms with Crippen molar-refractivity contribution in [3.8, 4) is 11.5 Å². The Bertz CT molecular complexity index is 1290. The number of ether oxygens (including phenoxy) is 1. The van der Waals surface area contributed by atoms with E-state index in [2.05, 4.69) is 45.4 Å². The molecule has 168 valence electrons. The maximum Gasteiger partial charge on any atom is 0.163 e. The summed E-state index contributed by atoms with van der Waals surface area (Å²) < 4.78 is 6.88. The molecule has 2 heterocycles. The van der Waals surface area contributed by atoms with Crippen LogP contribution >= 0.6 is 27.5 Å². The van der Waals surface area contributed by atoms with Crippen LogP contribution in [0.4, 0.5) is 11.4 Å². The molecule has 0 amide bonds. The number of Topliss-reactive ketones (excluding diaryl/α,β-unsaturated/α-hetero) is 1. The van der Waals surface area contributed by atoms with Gasteiger partial charge in [-0.05, 0) is 63.7 Å². The Balaban J connectivity index is 1.56. The van der Waals surface area contributed by atoms with Crippen LogP contribution < -0.4 is 15.4 Å². The van der Waals surface area contributed by atoms with Gasteiger partial charge in [0.15, 0.2) is 5.78 Å². The molecule has 0 spiro atoms. The van der Waals surface area contributed by atoms with Crippen molar-refractivity contribution in [3.63, 3.8) is 0 Å². The average molecular weight is 525 g/mol. The molecule has 0 saturated heterocycles. The second kappa shape index (κ2) is 8.50. The van der Waals surface area contributed by atoms with E-state index in [9.17, 15) is 4.79 Å². The molecule has 33 heavy (non-hydrogen) atoms. The summed E-state index contributed by atoms with van der Waals surface area (Å²) in [5.74, 6) is 1.45. The predicted octanol–water partition coefficient (Wildman–Crippen LogP) is 7.51. The number of halogens is 2. The Morgan fingerprint density at radius 1 is 1.12 bits per heavy atom. The zero-order valence-electron chi connectivity index (χ0n) is 18.3. The molecule has 5 nitrogen and oxygen atoms in total. The van der Waals surface area contributed by atoms with Crippen molar-refractivity contribution in [1.29, 1.82) is 0 Å². The minimum absolute atomic E-state index is 0.120. The van der Waals surface area contributed by atoms with Gasteiger partial charge in [-0.15, -0.1) is 0 Å². The zero-order valence-corrected chi connectivity index (χ0v) is 20.6. The van der Waals surface area contributed by atoms with Crippen molar-refractivity contribution in [2.45, 2.75) is 32.7 Å². The van der Waals surface area contributed by atoms with Crippen molar-refractivity contribution < 1.29 is 9.53 Å². The van der Waals surface area contributed by atoms with Gasteiger partial charge >= 0.3 is 0 Å². The van der Waals surface area contributed by atoms with Gasteiger partial charge in [-0.1, -0.05) is 43.6 Å². The van der Waals surface area contributed by atoms with E-state index in [1.54, 1.807) is 18.5 Å². The van der Waals surface area contributed by atoms with Crippen molar-refractivity contribution >= 4 is 44.7 Å². The summed E-state index contributed by atoms with van der Waals surface area (Å²) in [7, 11) is 0. The van der Waals surface area contributed by atoms with Crippen LogP contribution in [0.25, 0.3) is 0 Å². The Labute approximate surface area is 206 Å². The highest BCUT2D eigenvalue weighted by Gasteiger charge is 2.39. The molecule has 0 bridgehead atoms. The highest BCUT2D eigenvalue weighted by molar-refractivity contribution is 9.10. The molecule has 0 saturated carbocycles. The summed E-state index contributed by atoms with van der Waals surface area (Å²) >= 11 is 10.3. The van der Waals surface area contributed by atoms with Crippen molar-refractivity contribution in [2.75, 3.05) is 10.6 Å². The number of anilines is 2. The van der Waals surface area contributed by atoms with Gasteiger partial charge in [-0.2, -0.15) is 0 Å². The van der Waals surface area contributed by atoms with E-state index < -0.39 is 0 Å². The minimum Gasteiger partial charge on any atom is -0.456 e. The number of allylic oxidation sites excluding steroid dienone is 1. The van der Waals surface area contributed by atoms with E-state index in [1.165, 1.54) is 0 Å². The molecule has 1 atom stereocenters. The molecule has 7 heteroatoms. The van der Waals surface area contributed by atoms with Crippen LogP contribution in [0.5, 0.6) is 11.5 Å². The number of aromatic nitrogens is 1. The second-order valence-electron chi connectivity index (χ2n) is 9.17. The number of nitrogens with zero attached hydrogens (tertiary/aromatic N) is 1. The molecular weight excluding hydrogens is 502 g/mol. The molecule has 1 aliphatic carbocycles. The van der Waals surface area contributed by atoms with Crippen LogP contribution in [0.15, 0.2) is 76.7 Å². The van der Waals surface area contributed by atoms with Crippen LogP contribution in [0.1, 0.15) is 38.3 Å². The van der Waals surface area contributed by atoms with Crippen LogP contribution in [0.3, 0.4) is 0 Å². The number of ketones is 1. The number of carbonyl (C=O) groups excluding carboxylic acids is 1. The lowest BCUT2D eigenvalue weighted by molar-refractivity contribution is -0.118. The second-order valence-corrected chi connectivity index (χ2v) is 10.4. The molecule has 2 aromatic carbocycles. The topological polar surface area (TPSA) is 63.2 Å². The number of fused-ring (bicyclic) bond motifs is 1. The van der Waals surface area contributed by atoms with E-state index in [1.807, 2.05) is 42.5 Å². The third kappa shape index (κ3) is 4.37. The molecule has 1 aromatic heterocycles. The van der Waals surface area contributed by atoms with Crippen LogP contribution in [-0.2, 0) is 4.79 Å². The first-order valence-electron chi connectivity index (χ1n) is 10.8. The number of nitrogens with one attached hydrogen (secondary N) is 2. The summed E-state index contributed by atoms with van der Waals surface area (Å²) in [6, 6.07) is 14.8. The minimum atomic E-state index is -0.384. The smallest absolute Gasteiger partial charge is 0.163 e. The number of benzene rings is 2. The zero-order chi connectivity index (χ0) is 23.2. The van der Waals surface area contributed by atoms with Gasteiger partial charge in [0, 0.05) is 28.9 Å². The maximum absolute atomic E-state index is 13.4. The average Bonchev–Trinajstić information content (AvgIpc) is 2.91. The van der Waals surface area contributed by atoms with Crippen LogP contribution in [-0.4, -0.2) is 10.8 Å². The maximum atomic E-state index is 13.4. The summed E-state index contributed by atoms with van der Waals surface area (Å²) in [4.78, 5) is 17.6. The summed E-state index contributed by atoms with van der Waals surface area (Å²) in [6.07, 6.45) is 4.76. The van der Waals surface area contributed by atoms with E-state index in [4.69, 9.17) is 16.3 Å². The molecule has 1 unspecified atom stereocenters. The number of rotatable bonds is 3. The lowest BCUT2D eigenvalue weighted by Gasteiger charge is -2.34. The van der Waals surface area contributed by atoms with Gasteiger partial charge < -0.3 is 15.4 Å². The lowest BCUT2D eigenvalue weighted by Crippen LogP contribution is -2.31. The normalized spacial score (nSPS) is 19.0.